The lowest BCUT2D eigenvalue weighted by molar-refractivity contribution is -0.132. The molecule has 0 aromatic carbocycles. The minimum absolute atomic E-state index is 0.139. The standard InChI is InChI=1S/C5H6O2S/c1-4(2-3-8)5(6)7/h3H,1-2H2,(H,6,7). The molecule has 1 N–H and O–H groups in total. The van der Waals surface area contributed by atoms with Gasteiger partial charge in [-0.1, -0.05) is 18.8 Å². The number of carbonyl (C=O) groups is 1. The van der Waals surface area contributed by atoms with Crippen LogP contribution in [0, 0.1) is 0 Å². The Hall–Kier alpha value is -0.700. The molecule has 0 aliphatic rings. The van der Waals surface area contributed by atoms with Gasteiger partial charge in [-0.2, -0.15) is 0 Å². The Morgan fingerprint density at radius 3 is 2.50 bits per heavy atom. The minimum Gasteiger partial charge on any atom is -0.478 e. The monoisotopic (exact) mass is 130 g/mol. The van der Waals surface area contributed by atoms with E-state index in [0.717, 1.165) is 0 Å². The Morgan fingerprint density at radius 1 is 1.88 bits per heavy atom. The fourth-order valence-electron chi connectivity index (χ4n) is 0.188. The molecular formula is C5H6O2S. The number of hydrogen-bond donors (Lipinski definition) is 1. The van der Waals surface area contributed by atoms with E-state index < -0.39 is 5.97 Å². The van der Waals surface area contributed by atoms with E-state index in [0.29, 0.717) is 0 Å². The van der Waals surface area contributed by atoms with Crippen LogP contribution in [-0.4, -0.2) is 16.4 Å². The van der Waals surface area contributed by atoms with Crippen molar-refractivity contribution in [1.82, 2.24) is 0 Å². The molecule has 3 heteroatoms. The summed E-state index contributed by atoms with van der Waals surface area (Å²) in [7, 11) is 0. The minimum atomic E-state index is -0.980. The number of carboxylic acid groups (broad SMARTS) is 1. The molecule has 0 radical (unpaired) electrons. The van der Waals surface area contributed by atoms with Gasteiger partial charge in [-0.05, 0) is 5.37 Å². The fourth-order valence-corrected chi connectivity index (χ4v) is 0.389. The summed E-state index contributed by atoms with van der Waals surface area (Å²) in [6, 6.07) is 0. The first kappa shape index (κ1) is 7.30. The van der Waals surface area contributed by atoms with E-state index in [9.17, 15) is 4.79 Å². The predicted molar refractivity (Wildman–Crippen MR) is 35.0 cm³/mol. The van der Waals surface area contributed by atoms with E-state index in [1.807, 2.05) is 0 Å². The van der Waals surface area contributed by atoms with E-state index in [4.69, 9.17) is 5.11 Å². The summed E-state index contributed by atoms with van der Waals surface area (Å²) < 4.78 is 0. The van der Waals surface area contributed by atoms with Crippen molar-refractivity contribution in [3.63, 3.8) is 0 Å². The molecule has 0 heterocycles. The van der Waals surface area contributed by atoms with Crippen molar-refractivity contribution >= 4 is 23.6 Å². The average molecular weight is 130 g/mol. The highest BCUT2D eigenvalue weighted by Crippen LogP contribution is 1.92. The quantitative estimate of drug-likeness (QED) is 0.457. The van der Waals surface area contributed by atoms with E-state index in [1.54, 1.807) is 0 Å². The lowest BCUT2D eigenvalue weighted by Gasteiger charge is -1.88. The highest BCUT2D eigenvalue weighted by atomic mass is 32.1. The molecule has 0 rings (SSSR count). The normalized spacial score (nSPS) is 8.00. The maximum atomic E-state index is 9.92. The Morgan fingerprint density at radius 2 is 2.38 bits per heavy atom. The summed E-state index contributed by atoms with van der Waals surface area (Å²) in [6.07, 6.45) is 0.282. The van der Waals surface area contributed by atoms with Gasteiger partial charge in [0.1, 0.15) is 0 Å². The average Bonchev–Trinajstić information content (AvgIpc) is 1.67. The van der Waals surface area contributed by atoms with Gasteiger partial charge in [0.2, 0.25) is 0 Å². The van der Waals surface area contributed by atoms with Gasteiger partial charge in [-0.15, -0.1) is 0 Å². The van der Waals surface area contributed by atoms with Crippen molar-refractivity contribution in [3.05, 3.63) is 12.2 Å². The van der Waals surface area contributed by atoms with Crippen molar-refractivity contribution in [1.29, 1.82) is 0 Å². The second kappa shape index (κ2) is 3.32. The first-order chi connectivity index (χ1) is 3.68. The number of aliphatic carboxylic acids is 1. The topological polar surface area (TPSA) is 37.3 Å². The molecule has 0 atom stereocenters. The van der Waals surface area contributed by atoms with Gasteiger partial charge in [0.15, 0.2) is 0 Å². The molecule has 0 bridgehead atoms. The van der Waals surface area contributed by atoms with E-state index >= 15 is 0 Å². The van der Waals surface area contributed by atoms with Crippen LogP contribution >= 0.6 is 12.2 Å². The van der Waals surface area contributed by atoms with Gasteiger partial charge < -0.3 is 5.11 Å². The third-order valence-corrected chi connectivity index (χ3v) is 0.799. The summed E-state index contributed by atoms with van der Waals surface area (Å²) in [5.74, 6) is -0.980. The molecule has 0 aromatic heterocycles. The third kappa shape index (κ3) is 2.47. The van der Waals surface area contributed by atoms with Crippen LogP contribution in [0.1, 0.15) is 6.42 Å². The number of hydrogen-bond acceptors (Lipinski definition) is 2. The molecule has 2 nitrogen and oxygen atoms in total. The van der Waals surface area contributed by atoms with Gasteiger partial charge in [0.25, 0.3) is 0 Å². The second-order valence-electron chi connectivity index (χ2n) is 1.28. The van der Waals surface area contributed by atoms with E-state index in [2.05, 4.69) is 18.8 Å². The lowest BCUT2D eigenvalue weighted by atomic mass is 10.2. The molecular weight excluding hydrogens is 124 g/mol. The van der Waals surface area contributed by atoms with Crippen LogP contribution in [0.4, 0.5) is 0 Å². The van der Waals surface area contributed by atoms with Gasteiger partial charge >= 0.3 is 5.97 Å². The van der Waals surface area contributed by atoms with Crippen LogP contribution in [-0.2, 0) is 4.79 Å². The molecule has 0 aliphatic carbocycles. The zero-order valence-electron chi connectivity index (χ0n) is 4.26. The predicted octanol–water partition coefficient (Wildman–Crippen LogP) is 1.02. The Kier molecular flexibility index (Phi) is 3.03. The van der Waals surface area contributed by atoms with Crippen LogP contribution in [0.15, 0.2) is 12.2 Å². The van der Waals surface area contributed by atoms with Crippen molar-refractivity contribution in [2.75, 3.05) is 0 Å². The number of rotatable bonds is 3. The van der Waals surface area contributed by atoms with Crippen molar-refractivity contribution in [2.45, 2.75) is 6.42 Å². The van der Waals surface area contributed by atoms with Gasteiger partial charge in [0.05, 0.1) is 0 Å². The summed E-state index contributed by atoms with van der Waals surface area (Å²) in [6.45, 7) is 3.25. The zero-order chi connectivity index (χ0) is 6.57. The van der Waals surface area contributed by atoms with Crippen molar-refractivity contribution in [3.8, 4) is 0 Å². The molecule has 0 amide bonds. The van der Waals surface area contributed by atoms with Crippen LogP contribution in [0.25, 0.3) is 0 Å². The molecule has 44 valence electrons. The molecule has 0 saturated heterocycles. The van der Waals surface area contributed by atoms with Gasteiger partial charge in [-0.25, -0.2) is 4.79 Å². The largest absolute Gasteiger partial charge is 0.478 e. The summed E-state index contributed by atoms with van der Waals surface area (Å²) in [5.41, 5.74) is 0.139. The smallest absolute Gasteiger partial charge is 0.331 e. The first-order valence-corrected chi connectivity index (χ1v) is 2.50. The van der Waals surface area contributed by atoms with Gasteiger partial charge in [0, 0.05) is 12.0 Å². The molecule has 0 spiro atoms. The summed E-state index contributed by atoms with van der Waals surface area (Å²) >= 11 is 4.40. The summed E-state index contributed by atoms with van der Waals surface area (Å²) in [5, 5.41) is 9.49. The Labute approximate surface area is 52.8 Å². The molecule has 8 heavy (non-hydrogen) atoms. The summed E-state index contributed by atoms with van der Waals surface area (Å²) in [4.78, 5) is 9.92. The van der Waals surface area contributed by atoms with Crippen LogP contribution in [0.2, 0.25) is 0 Å². The van der Waals surface area contributed by atoms with Crippen LogP contribution in [0.3, 0.4) is 0 Å². The van der Waals surface area contributed by atoms with Crippen molar-refractivity contribution in [2.24, 2.45) is 0 Å². The Bertz CT molecular complexity index is 128. The highest BCUT2D eigenvalue weighted by Gasteiger charge is 1.98. The maximum Gasteiger partial charge on any atom is 0.331 e. The van der Waals surface area contributed by atoms with Gasteiger partial charge in [-0.3, -0.25) is 0 Å². The van der Waals surface area contributed by atoms with Crippen molar-refractivity contribution < 1.29 is 9.90 Å². The number of thiocarbonyl (C=S) groups is 1. The van der Waals surface area contributed by atoms with Crippen LogP contribution < -0.4 is 0 Å². The van der Waals surface area contributed by atoms with E-state index in [1.165, 1.54) is 5.37 Å². The lowest BCUT2D eigenvalue weighted by Crippen LogP contribution is -1.97. The zero-order valence-corrected chi connectivity index (χ0v) is 5.07. The third-order valence-electron chi connectivity index (χ3n) is 0.632. The molecule has 0 aromatic rings. The molecule has 0 aliphatic heterocycles. The first-order valence-electron chi connectivity index (χ1n) is 2.03. The second-order valence-corrected chi connectivity index (χ2v) is 1.61. The molecule has 0 saturated carbocycles. The van der Waals surface area contributed by atoms with Crippen LogP contribution in [0.5, 0.6) is 0 Å². The fraction of sp³-hybridized carbons (Fsp3) is 0.200. The SMILES string of the molecule is C=C(CC=S)C(=O)O. The molecule has 0 unspecified atom stereocenters. The number of carboxylic acids is 1. The Balaban J connectivity index is 3.65. The maximum absolute atomic E-state index is 9.92. The molecule has 0 fully saturated rings. The highest BCUT2D eigenvalue weighted by molar-refractivity contribution is 7.79. The van der Waals surface area contributed by atoms with E-state index in [-0.39, 0.29) is 12.0 Å².